The Morgan fingerprint density at radius 2 is 0.614 bits per heavy atom. The molecule has 4 aliphatic carbocycles. The molecule has 0 amide bonds. The summed E-state index contributed by atoms with van der Waals surface area (Å²) in [6.45, 7) is 8.11. The van der Waals surface area contributed by atoms with Crippen LogP contribution in [0.2, 0.25) is 40.2 Å². The standard InChI is InChI=1S/C27H22Cl3FN2S.C27H22Cl2F2N2S.C25H21Cl2FN2S2.C25H22ClFN4S/c1-16-14-17(8-13-22(16)28)20-4-2-7-25-26(20)33(19-11-9-18(31)10-12-19)27(32-25)34-15-21-23(29)5-3-6-24(21)30;1-16-14-17(8-13-22(16)28)20-4-2-7-25-26(20)33(19-11-9-18(30)10-12-19)27(32-25)34-15-21-23(29)5-3-6-24(21)31;1-15-13-16(5-10-20(15)26)19-3-2-4-22-24(19)30(18-8-6-17(28)7-9-18)25(29-22)32-14-23-21(27)11-12-31-23;1-16-14-17(6-11-21(16)26)20-4-2-5-22-24(20)31(19-9-7-18(27)8-10-19)25(30-22)32-15-23-28-12-3-13-29-23/h2*3,5-6,8-14,20H,2,4,7,15H2,1H3;5-13,19H,2-4,14H2,1H3;3,6-14,20H,2,4-5,15H2,1H3. The second kappa shape index (κ2) is 43.0. The first-order chi connectivity index (χ1) is 63.9. The molecule has 0 saturated carbocycles. The summed E-state index contributed by atoms with van der Waals surface area (Å²) < 4.78 is 78.1. The fourth-order valence-electron chi connectivity index (χ4n) is 17.7. The lowest BCUT2D eigenvalue weighted by Gasteiger charge is -2.25. The van der Waals surface area contributed by atoms with Crippen LogP contribution < -0.4 is 0 Å². The predicted octanol–water partition coefficient (Wildman–Crippen LogP) is 32.5. The molecule has 0 bridgehead atoms. The summed E-state index contributed by atoms with van der Waals surface area (Å²) in [6.07, 6.45) is 15.4. The van der Waals surface area contributed by atoms with Crippen LogP contribution in [-0.2, 0) is 48.7 Å². The number of aromatic nitrogens is 10. The van der Waals surface area contributed by atoms with Crippen LogP contribution in [0.4, 0.5) is 22.0 Å². The van der Waals surface area contributed by atoms with E-state index in [2.05, 4.69) is 76.8 Å². The summed E-state index contributed by atoms with van der Waals surface area (Å²) >= 11 is 58.6. The van der Waals surface area contributed by atoms with E-state index >= 15 is 0 Å². The van der Waals surface area contributed by atoms with Crippen LogP contribution in [0.3, 0.4) is 0 Å². The fourth-order valence-corrected chi connectivity index (χ4v) is 24.6. The summed E-state index contributed by atoms with van der Waals surface area (Å²) in [7, 11) is 0. The first-order valence-electron chi connectivity index (χ1n) is 43.3. The van der Waals surface area contributed by atoms with Crippen molar-refractivity contribution in [2.24, 2.45) is 0 Å². The molecule has 4 aliphatic rings. The van der Waals surface area contributed by atoms with Crippen LogP contribution in [0, 0.1) is 56.8 Å². The largest absolute Gasteiger partial charge is 0.291 e. The second-order valence-corrected chi connectivity index (χ2v) is 40.9. The third kappa shape index (κ3) is 21.5. The molecular weight excluding hydrogens is 1930 g/mol. The third-order valence-corrected chi connectivity index (χ3v) is 32.4. The maximum absolute atomic E-state index is 14.4. The smallest absolute Gasteiger partial charge is 0.173 e. The number of hydrogen-bond acceptors (Lipinski definition) is 11. The summed E-state index contributed by atoms with van der Waals surface area (Å²) in [5.41, 5.74) is 23.0. The van der Waals surface area contributed by atoms with Crippen molar-refractivity contribution in [3.8, 4) is 22.7 Å². The minimum atomic E-state index is -0.334. The van der Waals surface area contributed by atoms with Crippen molar-refractivity contribution in [2.75, 3.05) is 0 Å². The van der Waals surface area contributed by atoms with Gasteiger partial charge in [-0.1, -0.05) is 201 Å². The molecule has 0 radical (unpaired) electrons. The highest BCUT2D eigenvalue weighted by Gasteiger charge is 2.36. The summed E-state index contributed by atoms with van der Waals surface area (Å²) in [5.74, 6) is 2.38. The minimum Gasteiger partial charge on any atom is -0.291 e. The Labute approximate surface area is 825 Å². The number of rotatable bonds is 20. The van der Waals surface area contributed by atoms with E-state index in [-0.39, 0.29) is 52.8 Å². The van der Waals surface area contributed by atoms with Crippen molar-refractivity contribution >= 4 is 151 Å². The molecule has 16 aromatic rings. The number of halogens is 13. The summed E-state index contributed by atoms with van der Waals surface area (Å²) in [6, 6.07) is 65.3. The lowest BCUT2D eigenvalue weighted by molar-refractivity contribution is 0.586. The Morgan fingerprint density at radius 3 is 0.917 bits per heavy atom. The molecule has 10 nitrogen and oxygen atoms in total. The molecule has 4 unspecified atom stereocenters. The molecule has 28 heteroatoms. The zero-order valence-corrected chi connectivity index (χ0v) is 82.2. The van der Waals surface area contributed by atoms with Crippen LogP contribution in [-0.4, -0.2) is 48.2 Å². The molecule has 0 spiro atoms. The van der Waals surface area contributed by atoms with E-state index in [4.69, 9.17) is 113 Å². The van der Waals surface area contributed by atoms with E-state index in [0.29, 0.717) is 37.9 Å². The summed E-state index contributed by atoms with van der Waals surface area (Å²) in [4.78, 5) is 29.9. The topological polar surface area (TPSA) is 97.1 Å². The van der Waals surface area contributed by atoms with Gasteiger partial charge in [-0.25, -0.2) is 51.9 Å². The van der Waals surface area contributed by atoms with E-state index in [1.165, 1.54) is 100 Å². The van der Waals surface area contributed by atoms with Crippen molar-refractivity contribution in [3.63, 3.8) is 0 Å². The van der Waals surface area contributed by atoms with Gasteiger partial charge < -0.3 is 0 Å². The van der Waals surface area contributed by atoms with Gasteiger partial charge in [0.15, 0.2) is 20.6 Å². The molecule has 674 valence electrons. The van der Waals surface area contributed by atoms with Crippen molar-refractivity contribution in [3.05, 3.63) is 417 Å². The van der Waals surface area contributed by atoms with Gasteiger partial charge in [0.1, 0.15) is 34.9 Å². The van der Waals surface area contributed by atoms with Gasteiger partial charge >= 0.3 is 0 Å². The third-order valence-electron chi connectivity index (χ3n) is 24.2. The van der Waals surface area contributed by atoms with Crippen LogP contribution in [0.25, 0.3) is 22.7 Å². The van der Waals surface area contributed by atoms with Crippen LogP contribution in [0.5, 0.6) is 0 Å². The SMILES string of the molecule is Cc1cc(C2CCCc3nc(SCc4c(Cl)cccc4Cl)n(-c4ccc(F)cc4)c32)ccc1Cl.Cc1cc(C2CCCc3nc(SCc4c(F)cccc4Cl)n(-c4ccc(F)cc4)c32)ccc1Cl.Cc1cc(C2CCCc3nc(SCc4ncccn4)n(-c4ccc(F)cc4)c32)ccc1Cl.Cc1cc(C2CCCc3nc(SCc4sccc4Cl)n(-c4ccc(F)cc4)c32)ccc1Cl. The van der Waals surface area contributed by atoms with Crippen molar-refractivity contribution in [1.29, 1.82) is 0 Å². The molecule has 10 aromatic carbocycles. The number of thiophene rings is 1. The van der Waals surface area contributed by atoms with Gasteiger partial charge in [0.25, 0.3) is 0 Å². The average molecular weight is 2020 g/mol. The molecule has 0 N–H and O–H groups in total. The quantitative estimate of drug-likeness (QED) is 0.0542. The van der Waals surface area contributed by atoms with Gasteiger partial charge in [0.2, 0.25) is 0 Å². The van der Waals surface area contributed by atoms with Crippen molar-refractivity contribution in [1.82, 2.24) is 48.2 Å². The molecular formula is C104H87Cl8F5N10S5. The monoisotopic (exact) mass is 2010 g/mol. The zero-order valence-electron chi connectivity index (χ0n) is 72.1. The van der Waals surface area contributed by atoms with E-state index in [0.717, 1.165) is 224 Å². The number of hydrogen-bond donors (Lipinski definition) is 0. The van der Waals surface area contributed by atoms with E-state index in [9.17, 15) is 22.0 Å². The van der Waals surface area contributed by atoms with Crippen LogP contribution in [0.15, 0.2) is 257 Å². The number of fused-ring (bicyclic) bond motifs is 4. The Bertz CT molecular complexity index is 6580. The number of thioether (sulfide) groups is 4. The van der Waals surface area contributed by atoms with Gasteiger partial charge in [0.05, 0.1) is 56.3 Å². The highest BCUT2D eigenvalue weighted by Crippen LogP contribution is 2.49. The first kappa shape index (κ1) is 94.9. The Hall–Kier alpha value is -8.81. The van der Waals surface area contributed by atoms with Gasteiger partial charge in [0, 0.05) is 122 Å². The van der Waals surface area contributed by atoms with E-state index < -0.39 is 0 Å². The highest BCUT2D eigenvalue weighted by atomic mass is 35.5. The van der Waals surface area contributed by atoms with E-state index in [1.807, 2.05) is 124 Å². The molecule has 0 aliphatic heterocycles. The number of aryl methyl sites for hydroxylation is 8. The number of imidazole rings is 4. The molecule has 4 atom stereocenters. The summed E-state index contributed by atoms with van der Waals surface area (Å²) in [5, 5.41) is 10.9. The Kier molecular flexibility index (Phi) is 31.0. The minimum absolute atomic E-state index is 0.128. The second-order valence-electron chi connectivity index (χ2n) is 32.9. The van der Waals surface area contributed by atoms with Crippen molar-refractivity contribution < 1.29 is 22.0 Å². The Morgan fingerprint density at radius 1 is 0.318 bits per heavy atom. The highest BCUT2D eigenvalue weighted by molar-refractivity contribution is 7.99. The maximum atomic E-state index is 14.4. The van der Waals surface area contributed by atoms with Gasteiger partial charge in [-0.15, -0.1) is 11.3 Å². The normalized spacial score (nSPS) is 15.5. The lowest BCUT2D eigenvalue weighted by Crippen LogP contribution is -2.15. The molecule has 6 heterocycles. The van der Waals surface area contributed by atoms with E-state index in [1.54, 1.807) is 83.3 Å². The Balaban J connectivity index is 0.000000123. The lowest BCUT2D eigenvalue weighted by atomic mass is 9.83. The van der Waals surface area contributed by atoms with Crippen LogP contribution >= 0.6 is 151 Å². The molecule has 6 aromatic heterocycles. The van der Waals surface area contributed by atoms with Gasteiger partial charge in [-0.3, -0.25) is 18.3 Å². The average Bonchev–Trinajstić information content (AvgIpc) is 1.61. The zero-order chi connectivity index (χ0) is 92.0. The molecule has 132 heavy (non-hydrogen) atoms. The molecule has 20 rings (SSSR count). The maximum Gasteiger partial charge on any atom is 0.173 e. The van der Waals surface area contributed by atoms with Gasteiger partial charge in [-0.2, -0.15) is 0 Å². The number of benzene rings is 10. The first-order valence-corrected chi connectivity index (χ1v) is 51.2. The van der Waals surface area contributed by atoms with Crippen molar-refractivity contribution in [2.45, 2.75) is 172 Å². The number of nitrogens with zero attached hydrogens (tertiary/aromatic N) is 10. The molecule has 0 fully saturated rings. The fraction of sp³-hybridized carbons (Fsp3) is 0.231. The van der Waals surface area contributed by atoms with Crippen LogP contribution in [0.1, 0.15) is 187 Å². The predicted molar refractivity (Wildman–Crippen MR) is 535 cm³/mol. The molecule has 0 saturated heterocycles. The van der Waals surface area contributed by atoms with Gasteiger partial charge in [-0.05, 0) is 318 Å².